The van der Waals surface area contributed by atoms with Crippen LogP contribution in [0, 0.1) is 0 Å². The Bertz CT molecular complexity index is 5680. The van der Waals surface area contributed by atoms with Crippen LogP contribution in [0.4, 0.5) is 0 Å². The van der Waals surface area contributed by atoms with E-state index in [0.717, 1.165) is 80.2 Å². The number of aryl methyl sites for hydroxylation is 2. The van der Waals surface area contributed by atoms with Crippen LogP contribution in [-0.4, -0.2) is 194 Å². The van der Waals surface area contributed by atoms with Crippen molar-refractivity contribution < 1.29 is 60.5 Å². The van der Waals surface area contributed by atoms with Gasteiger partial charge >= 0.3 is 0 Å². The van der Waals surface area contributed by atoms with Gasteiger partial charge in [0.25, 0.3) is 0 Å². The van der Waals surface area contributed by atoms with Crippen LogP contribution < -0.4 is 9.47 Å². The zero-order valence-electron chi connectivity index (χ0n) is 87.0. The quantitative estimate of drug-likeness (QED) is 0.0141. The fourth-order valence-corrected chi connectivity index (χ4v) is 32.8. The molecule has 24 heteroatoms. The average Bonchev–Trinajstić information content (AvgIpc) is 1.07. The first kappa shape index (κ1) is 122. The highest BCUT2D eigenvalue weighted by Crippen LogP contribution is 2.40. The van der Waals surface area contributed by atoms with E-state index in [4.69, 9.17) is 48.0 Å². The minimum atomic E-state index is -0.177. The maximum atomic E-state index is 10.5. The first-order valence-electron chi connectivity index (χ1n) is 50.4. The highest BCUT2D eigenvalue weighted by atomic mass is 35.5. The van der Waals surface area contributed by atoms with Gasteiger partial charge in [-0.05, 0) is 251 Å². The largest absolute Gasteiger partial charge is 0.508 e. The summed E-state index contributed by atoms with van der Waals surface area (Å²) in [5.74, 6) is 20.0. The lowest BCUT2D eigenvalue weighted by Gasteiger charge is -2.12. The molecule has 12 nitrogen and oxygen atoms in total. The van der Waals surface area contributed by atoms with Crippen molar-refractivity contribution in [2.24, 2.45) is 0 Å². The molecule has 4 aliphatic rings. The third kappa shape index (κ3) is 41.9. The predicted molar refractivity (Wildman–Crippen MR) is 644 cm³/mol. The Labute approximate surface area is 901 Å². The van der Waals surface area contributed by atoms with Crippen molar-refractivity contribution in [3.63, 3.8) is 0 Å². The topological polar surface area (TPSA) is 221 Å². The van der Waals surface area contributed by atoms with Crippen molar-refractivity contribution in [1.82, 2.24) is 0 Å². The number of rotatable bonds is 32. The molecule has 0 amide bonds. The third-order valence-electron chi connectivity index (χ3n) is 24.4. The summed E-state index contributed by atoms with van der Waals surface area (Å²) < 4.78 is 11.3. The summed E-state index contributed by atoms with van der Waals surface area (Å²) in [6.45, 7) is 10.3. The zero-order valence-corrected chi connectivity index (χ0v) is 96.7. The lowest BCUT2D eigenvalue weighted by Crippen LogP contribution is -2.21. The van der Waals surface area contributed by atoms with Gasteiger partial charge < -0.3 is 60.5 Å². The molecule has 0 saturated carbocycles. The number of benzene rings is 13. The molecule has 0 aromatic heterocycles. The Morgan fingerprint density at radius 1 is 0.299 bits per heavy atom. The SMILES string of the molecule is CCCC[S+](CCCC)CCOc1ccccc1.CCCCc1cc([S+]2CCCC2)cc(CCCC)c1O.C[S+](C)c1ccc(O)c2ccc(O)cc12.C[S+](C)c1ccc(O)c2cccc(O)c12.C[S+](C)c1ccc(O)c2ccccc12.C[S+](CCl)CCOc1ccccc1.C[S+](CCl)c1ccccc1.OCc1cc([S+]2CCCC2)cc(CO)c1O.Oc1ccc([S+]2CCCC2)cc1.c1ccc([S+]2CCCC2)cc1. The van der Waals surface area contributed by atoms with Gasteiger partial charge in [-0.15, -0.1) is 0 Å². The number of alkyl halides is 2. The Balaban J connectivity index is 0.000000196. The molecule has 144 heavy (non-hydrogen) atoms. The second kappa shape index (κ2) is 69.1. The molecule has 4 heterocycles. The molecule has 0 spiro atoms. The summed E-state index contributed by atoms with van der Waals surface area (Å²) in [4.78, 5) is 10.6. The van der Waals surface area contributed by atoms with Gasteiger partial charge in [-0.25, -0.2) is 0 Å². The van der Waals surface area contributed by atoms with E-state index in [-0.39, 0.29) is 107 Å². The second-order valence-corrected chi connectivity index (χ2v) is 59.2. The minimum absolute atomic E-state index is 0.0385. The first-order chi connectivity index (χ1) is 69.8. The average molecular weight is 2190 g/mol. The van der Waals surface area contributed by atoms with Crippen molar-refractivity contribution in [3.05, 3.63) is 289 Å². The molecule has 17 rings (SSSR count). The summed E-state index contributed by atoms with van der Waals surface area (Å²) in [6.07, 6.45) is 40.2. The number of halogens is 2. The van der Waals surface area contributed by atoms with Gasteiger partial charge in [0.15, 0.2) is 49.6 Å². The summed E-state index contributed by atoms with van der Waals surface area (Å²) in [7, 11) is 3.29. The first-order valence-corrected chi connectivity index (χ1v) is 69.4. The number of phenolic OH excluding ortho intramolecular Hbond substituents is 7. The second-order valence-electron chi connectivity index (χ2n) is 36.0. The molecule has 4 fully saturated rings. The number of unbranched alkanes of at least 4 members (excludes halogenated alkanes) is 4. The summed E-state index contributed by atoms with van der Waals surface area (Å²) in [5, 5.41) is 103. The van der Waals surface area contributed by atoms with Crippen molar-refractivity contribution in [1.29, 1.82) is 0 Å². The van der Waals surface area contributed by atoms with Gasteiger partial charge in [0.2, 0.25) is 0 Å². The molecular weight excluding hydrogens is 2020 g/mol. The normalized spacial score (nSPS) is 13.8. The number of aromatic hydroxyl groups is 8. The number of ether oxygens (including phenoxy) is 2. The van der Waals surface area contributed by atoms with Crippen LogP contribution in [0.15, 0.2) is 306 Å². The van der Waals surface area contributed by atoms with E-state index in [0.29, 0.717) is 77.3 Å². The van der Waals surface area contributed by atoms with Crippen LogP contribution in [0.2, 0.25) is 0 Å². The van der Waals surface area contributed by atoms with E-state index in [1.54, 1.807) is 65.6 Å². The standard InChI is InChI=1S/C18H28OS.C16H27OS.C12H16O3S.2C12H12O2S.C12H12OS.C10H14ClOS.C10H12OS.C10H13S.C8H10ClS/c1-3-5-9-15-13-17(20-11-7-8-12-20)14-16(18(15)19)10-6-4-2;1-3-5-13-18(14-6-4-2)15-12-17-16-10-8-7-9-11-16;13-7-9-5-11(16-3-1-2-4-16)6-10(8-14)12(9)15;1-15(2)12-6-5-11(14)9-4-3-8(13)7-10(9)12;1-15(2)11-7-6-9(13)8-4-3-5-10(14)12(8)11;1-14(2)12-8-7-11(13)9-5-3-4-6-10(9)12;1-13(9-11)8-7-12-10-5-3-2-4-6-10;11-9-3-5-10(6-4-9)12-7-1-2-8-12;1-2-6-10(7-3-1)11-8-4-5-9-11;1-10(7-9)8-5-3-2-4-6-8/h13-14H,3-12H2,1-2H3;7-11H,3-6,12-15H2,1-2H3;5-6,13-14H,1-4,7-8H2;2*3-7H,1-2H3,(H-,13,14);3-8H,1-2H3;2-6H,7-9H2,1H3;3-6H,1-2,7-8H2;1-3,6-7H,4-5,8-9H2;2-6H,7H2,1H3/q;+1;;;;;+1;;2*+1/p+6. The summed E-state index contributed by atoms with van der Waals surface area (Å²) >= 11 is 11.4. The number of fused-ring (bicyclic) bond motifs is 3. The minimum Gasteiger partial charge on any atom is -0.508 e. The molecule has 0 bridgehead atoms. The third-order valence-corrected chi connectivity index (χ3v) is 45.3. The van der Waals surface area contributed by atoms with E-state index >= 15 is 0 Å². The molecule has 10 N–H and O–H groups in total. The van der Waals surface area contributed by atoms with Crippen LogP contribution in [0.5, 0.6) is 57.5 Å². The molecular formula is C120H162Cl2O12S10+10. The van der Waals surface area contributed by atoms with Crippen LogP contribution >= 0.6 is 23.2 Å². The van der Waals surface area contributed by atoms with Crippen LogP contribution in [0.3, 0.4) is 0 Å². The molecule has 4 aliphatic heterocycles. The zero-order chi connectivity index (χ0) is 104. The van der Waals surface area contributed by atoms with Gasteiger partial charge in [0.1, 0.15) is 184 Å². The smallest absolute Gasteiger partial charge is 0.186 e. The number of aliphatic hydroxyl groups is 2. The van der Waals surface area contributed by atoms with Gasteiger partial charge in [0.05, 0.1) is 24.9 Å². The molecule has 13 aromatic carbocycles. The fraction of sp³-hybridized carbons (Fsp3) is 0.400. The van der Waals surface area contributed by atoms with E-state index in [2.05, 4.69) is 151 Å². The van der Waals surface area contributed by atoms with Crippen molar-refractivity contribution >= 4 is 164 Å². The molecule has 0 radical (unpaired) electrons. The van der Waals surface area contributed by atoms with Crippen molar-refractivity contribution in [2.45, 2.75) is 196 Å². The van der Waals surface area contributed by atoms with Gasteiger partial charge in [0, 0.05) is 160 Å². The van der Waals surface area contributed by atoms with Crippen LogP contribution in [0.1, 0.15) is 153 Å². The maximum absolute atomic E-state index is 10.5. The van der Waals surface area contributed by atoms with Gasteiger partial charge in [-0.1, -0.05) is 180 Å². The number of hydrogen-bond donors (Lipinski definition) is 10. The summed E-state index contributed by atoms with van der Waals surface area (Å²) in [6, 6.07) is 86.7. The number of phenols is 8. The summed E-state index contributed by atoms with van der Waals surface area (Å²) in [5.41, 5.74) is 3.46. The fourth-order valence-electron chi connectivity index (χ4n) is 16.3. The Morgan fingerprint density at radius 2 is 0.660 bits per heavy atom. The van der Waals surface area contributed by atoms with Crippen molar-refractivity contribution in [3.8, 4) is 57.5 Å². The lowest BCUT2D eigenvalue weighted by molar-refractivity contribution is 0.263. The van der Waals surface area contributed by atoms with Crippen LogP contribution in [0.25, 0.3) is 32.3 Å². The lowest BCUT2D eigenvalue weighted by atomic mass is 10.0. The van der Waals surface area contributed by atoms with E-state index in [1.165, 1.54) is 212 Å². The highest BCUT2D eigenvalue weighted by molar-refractivity contribution is 7.99. The Kier molecular flexibility index (Phi) is 58.5. The monoisotopic (exact) mass is 2180 g/mol. The molecule has 2 atom stereocenters. The van der Waals surface area contributed by atoms with E-state index in [1.807, 2.05) is 133 Å². The molecule has 2 unspecified atom stereocenters. The van der Waals surface area contributed by atoms with E-state index in [9.17, 15) is 35.7 Å². The van der Waals surface area contributed by atoms with Crippen molar-refractivity contribution in [2.75, 3.05) is 143 Å². The Morgan fingerprint density at radius 3 is 1.09 bits per heavy atom. The van der Waals surface area contributed by atoms with Crippen LogP contribution in [-0.2, 0) is 135 Å². The van der Waals surface area contributed by atoms with Gasteiger partial charge in [-0.2, -0.15) is 0 Å². The van der Waals surface area contributed by atoms with Gasteiger partial charge in [-0.3, -0.25) is 0 Å². The molecule has 778 valence electrons. The number of aliphatic hydroxyl groups excluding tert-OH is 2. The molecule has 0 aliphatic carbocycles. The van der Waals surface area contributed by atoms with E-state index < -0.39 is 0 Å². The highest BCUT2D eigenvalue weighted by Gasteiger charge is 2.33. The Hall–Kier alpha value is -7.36. The maximum Gasteiger partial charge on any atom is 0.186 e. The molecule has 4 saturated heterocycles. The molecule has 13 aromatic rings. The number of para-hydroxylation sites is 2. The number of hydrogen-bond acceptors (Lipinski definition) is 12. The predicted octanol–water partition coefficient (Wildman–Crippen LogP) is 27.7.